The second-order valence-electron chi connectivity index (χ2n) is 5.28. The normalized spacial score (nSPS) is 26.9. The highest BCUT2D eigenvalue weighted by Crippen LogP contribution is 2.39. The molecule has 1 aliphatic rings. The minimum absolute atomic E-state index is 0.247. The van der Waals surface area contributed by atoms with Crippen molar-refractivity contribution in [2.24, 2.45) is 17.6 Å². The first-order chi connectivity index (χ1) is 7.70. The van der Waals surface area contributed by atoms with E-state index in [2.05, 4.69) is 38.1 Å². The minimum Gasteiger partial charge on any atom is -0.324 e. The first-order valence-electron chi connectivity index (χ1n) is 6.53. The van der Waals surface area contributed by atoms with Crippen molar-refractivity contribution in [3.63, 3.8) is 0 Å². The molecule has 1 aliphatic carbocycles. The average Bonchev–Trinajstić information content (AvgIpc) is 2.77. The molecule has 3 atom stereocenters. The lowest BCUT2D eigenvalue weighted by Gasteiger charge is -2.20. The molecule has 2 rings (SSSR count). The molecular formula is C15H23N. The highest BCUT2D eigenvalue weighted by atomic mass is 14.7. The summed E-state index contributed by atoms with van der Waals surface area (Å²) in [6.07, 6.45) is 5.33. The number of rotatable bonds is 3. The SMILES string of the molecule is CCC1CCC(C(N)c2ccc(C)cc2)C1. The van der Waals surface area contributed by atoms with Crippen LogP contribution in [0.15, 0.2) is 24.3 Å². The van der Waals surface area contributed by atoms with E-state index in [1.54, 1.807) is 0 Å². The molecule has 0 bridgehead atoms. The Morgan fingerprint density at radius 1 is 1.25 bits per heavy atom. The Hall–Kier alpha value is -0.820. The van der Waals surface area contributed by atoms with Gasteiger partial charge in [0.05, 0.1) is 0 Å². The van der Waals surface area contributed by atoms with Crippen LogP contribution < -0.4 is 5.73 Å². The van der Waals surface area contributed by atoms with Crippen LogP contribution in [0, 0.1) is 18.8 Å². The Bertz CT molecular complexity index is 328. The van der Waals surface area contributed by atoms with Crippen LogP contribution in [0.2, 0.25) is 0 Å². The quantitative estimate of drug-likeness (QED) is 0.818. The number of hydrogen-bond acceptors (Lipinski definition) is 1. The van der Waals surface area contributed by atoms with Crippen molar-refractivity contribution in [3.8, 4) is 0 Å². The Labute approximate surface area is 99.0 Å². The van der Waals surface area contributed by atoms with E-state index < -0.39 is 0 Å². The van der Waals surface area contributed by atoms with Crippen LogP contribution in [0.25, 0.3) is 0 Å². The highest BCUT2D eigenvalue weighted by molar-refractivity contribution is 5.24. The third kappa shape index (κ3) is 2.46. The second-order valence-corrected chi connectivity index (χ2v) is 5.28. The maximum Gasteiger partial charge on any atom is 0.0323 e. The first kappa shape index (κ1) is 11.7. The monoisotopic (exact) mass is 217 g/mol. The molecule has 16 heavy (non-hydrogen) atoms. The molecule has 0 amide bonds. The zero-order valence-electron chi connectivity index (χ0n) is 10.4. The fourth-order valence-corrected chi connectivity index (χ4v) is 2.87. The first-order valence-corrected chi connectivity index (χ1v) is 6.53. The zero-order chi connectivity index (χ0) is 11.5. The van der Waals surface area contributed by atoms with Gasteiger partial charge in [-0.05, 0) is 37.2 Å². The lowest BCUT2D eigenvalue weighted by Crippen LogP contribution is -2.19. The Balaban J connectivity index is 2.02. The van der Waals surface area contributed by atoms with Gasteiger partial charge in [-0.15, -0.1) is 0 Å². The van der Waals surface area contributed by atoms with E-state index >= 15 is 0 Å². The van der Waals surface area contributed by atoms with Gasteiger partial charge < -0.3 is 5.73 Å². The number of benzene rings is 1. The molecule has 1 saturated carbocycles. The number of nitrogens with two attached hydrogens (primary N) is 1. The van der Waals surface area contributed by atoms with Crippen molar-refractivity contribution in [3.05, 3.63) is 35.4 Å². The topological polar surface area (TPSA) is 26.0 Å². The number of aryl methyl sites for hydroxylation is 1. The predicted molar refractivity (Wildman–Crippen MR) is 69.2 cm³/mol. The van der Waals surface area contributed by atoms with Gasteiger partial charge in [0.25, 0.3) is 0 Å². The molecule has 0 radical (unpaired) electrons. The molecule has 1 aromatic carbocycles. The molecule has 1 heteroatoms. The van der Waals surface area contributed by atoms with Gasteiger partial charge in [-0.2, -0.15) is 0 Å². The fourth-order valence-electron chi connectivity index (χ4n) is 2.87. The molecule has 0 saturated heterocycles. The molecule has 0 spiro atoms. The lowest BCUT2D eigenvalue weighted by atomic mass is 9.91. The highest BCUT2D eigenvalue weighted by Gasteiger charge is 2.28. The van der Waals surface area contributed by atoms with E-state index in [1.807, 2.05) is 0 Å². The summed E-state index contributed by atoms with van der Waals surface area (Å²) in [7, 11) is 0. The van der Waals surface area contributed by atoms with Gasteiger partial charge in [-0.1, -0.05) is 49.6 Å². The van der Waals surface area contributed by atoms with E-state index in [0.29, 0.717) is 5.92 Å². The Morgan fingerprint density at radius 2 is 1.94 bits per heavy atom. The van der Waals surface area contributed by atoms with Gasteiger partial charge in [0.15, 0.2) is 0 Å². The van der Waals surface area contributed by atoms with Crippen LogP contribution in [-0.2, 0) is 0 Å². The van der Waals surface area contributed by atoms with Crippen molar-refractivity contribution < 1.29 is 0 Å². The maximum absolute atomic E-state index is 6.37. The molecule has 1 fully saturated rings. The van der Waals surface area contributed by atoms with E-state index in [-0.39, 0.29) is 6.04 Å². The molecule has 88 valence electrons. The standard InChI is InChI=1S/C15H23N/c1-3-12-6-9-14(10-12)15(16)13-7-4-11(2)5-8-13/h4-5,7-8,12,14-15H,3,6,9-10,16H2,1-2H3. The van der Waals surface area contributed by atoms with Crippen LogP contribution in [0.1, 0.15) is 49.8 Å². The summed E-state index contributed by atoms with van der Waals surface area (Å²) in [5.41, 5.74) is 8.99. The third-order valence-corrected chi connectivity index (χ3v) is 4.13. The number of hydrogen-bond donors (Lipinski definition) is 1. The van der Waals surface area contributed by atoms with Crippen LogP contribution in [-0.4, -0.2) is 0 Å². The molecule has 0 heterocycles. The Kier molecular flexibility index (Phi) is 3.65. The van der Waals surface area contributed by atoms with Crippen molar-refractivity contribution >= 4 is 0 Å². The van der Waals surface area contributed by atoms with Crippen LogP contribution >= 0.6 is 0 Å². The molecule has 0 aromatic heterocycles. The summed E-state index contributed by atoms with van der Waals surface area (Å²) in [6, 6.07) is 8.97. The van der Waals surface area contributed by atoms with Crippen LogP contribution in [0.4, 0.5) is 0 Å². The molecular weight excluding hydrogens is 194 g/mol. The molecule has 1 aromatic rings. The zero-order valence-corrected chi connectivity index (χ0v) is 10.4. The molecule has 2 N–H and O–H groups in total. The summed E-state index contributed by atoms with van der Waals surface area (Å²) < 4.78 is 0. The van der Waals surface area contributed by atoms with Gasteiger partial charge in [-0.25, -0.2) is 0 Å². The van der Waals surface area contributed by atoms with Gasteiger partial charge in [0.2, 0.25) is 0 Å². The van der Waals surface area contributed by atoms with Crippen molar-refractivity contribution in [1.82, 2.24) is 0 Å². The van der Waals surface area contributed by atoms with Gasteiger partial charge in [-0.3, -0.25) is 0 Å². The van der Waals surface area contributed by atoms with Gasteiger partial charge in [0.1, 0.15) is 0 Å². The van der Waals surface area contributed by atoms with E-state index in [4.69, 9.17) is 5.73 Å². The minimum atomic E-state index is 0.247. The van der Waals surface area contributed by atoms with Crippen molar-refractivity contribution in [2.45, 2.75) is 45.6 Å². The molecule has 3 unspecified atom stereocenters. The maximum atomic E-state index is 6.37. The third-order valence-electron chi connectivity index (χ3n) is 4.13. The largest absolute Gasteiger partial charge is 0.324 e. The van der Waals surface area contributed by atoms with E-state index in [9.17, 15) is 0 Å². The van der Waals surface area contributed by atoms with Crippen LogP contribution in [0.5, 0.6) is 0 Å². The molecule has 1 nitrogen and oxygen atoms in total. The van der Waals surface area contributed by atoms with Gasteiger partial charge in [0, 0.05) is 6.04 Å². The van der Waals surface area contributed by atoms with E-state index in [0.717, 1.165) is 5.92 Å². The summed E-state index contributed by atoms with van der Waals surface area (Å²) >= 11 is 0. The lowest BCUT2D eigenvalue weighted by molar-refractivity contribution is 0.416. The van der Waals surface area contributed by atoms with Gasteiger partial charge >= 0.3 is 0 Å². The Morgan fingerprint density at radius 3 is 2.50 bits per heavy atom. The molecule has 0 aliphatic heterocycles. The predicted octanol–water partition coefficient (Wildman–Crippen LogP) is 3.82. The van der Waals surface area contributed by atoms with Crippen molar-refractivity contribution in [2.75, 3.05) is 0 Å². The van der Waals surface area contributed by atoms with Crippen molar-refractivity contribution in [1.29, 1.82) is 0 Å². The smallest absolute Gasteiger partial charge is 0.0323 e. The summed E-state index contributed by atoms with van der Waals surface area (Å²) in [5.74, 6) is 1.62. The second kappa shape index (κ2) is 5.01. The van der Waals surface area contributed by atoms with E-state index in [1.165, 1.54) is 36.8 Å². The summed E-state index contributed by atoms with van der Waals surface area (Å²) in [5, 5.41) is 0. The van der Waals surface area contributed by atoms with Crippen LogP contribution in [0.3, 0.4) is 0 Å². The summed E-state index contributed by atoms with van der Waals surface area (Å²) in [6.45, 7) is 4.42. The fraction of sp³-hybridized carbons (Fsp3) is 0.600. The summed E-state index contributed by atoms with van der Waals surface area (Å²) in [4.78, 5) is 0. The average molecular weight is 217 g/mol.